The first-order valence-electron chi connectivity index (χ1n) is 12.5. The van der Waals surface area contributed by atoms with Crippen LogP contribution in [0.1, 0.15) is 77.0 Å². The molecule has 2 aliphatic rings. The molecule has 0 radical (unpaired) electrons. The number of ether oxygens (including phenoxy) is 2. The van der Waals surface area contributed by atoms with E-state index in [2.05, 4.69) is 6.58 Å². The number of aliphatic hydroxyl groups is 2. The van der Waals surface area contributed by atoms with Crippen LogP contribution in [0, 0.1) is 0 Å². The van der Waals surface area contributed by atoms with Crippen molar-refractivity contribution >= 4 is 17.8 Å². The number of hydrogen-bond acceptors (Lipinski definition) is 7. The number of aliphatic hydroxyl groups excluding tert-OH is 2. The standard InChI is InChI=1S/C25H40N2O7/c1-20-12-13-21(28)26(20)16-8-4-2-6-10-24(31)33-18-19-34-25(32)11-7-3-5-9-17-27-22(29)14-15-23(27)30/h12-13,22,24,29,31H,1-11,14-19H2. The van der Waals surface area contributed by atoms with Crippen LogP contribution in [-0.2, 0) is 23.9 Å². The molecule has 2 atom stereocenters. The van der Waals surface area contributed by atoms with Crippen molar-refractivity contribution in [1.29, 1.82) is 0 Å². The minimum atomic E-state index is -0.871. The van der Waals surface area contributed by atoms with E-state index in [4.69, 9.17) is 9.47 Å². The minimum absolute atomic E-state index is 0.0114. The molecule has 2 heterocycles. The Labute approximate surface area is 202 Å². The lowest BCUT2D eigenvalue weighted by Gasteiger charge is -2.20. The van der Waals surface area contributed by atoms with Crippen LogP contribution in [0.2, 0.25) is 0 Å². The highest BCUT2D eigenvalue weighted by molar-refractivity contribution is 5.92. The molecule has 34 heavy (non-hydrogen) atoms. The lowest BCUT2D eigenvalue weighted by Crippen LogP contribution is -2.33. The lowest BCUT2D eigenvalue weighted by molar-refractivity contribution is -0.151. The summed E-state index contributed by atoms with van der Waals surface area (Å²) in [6, 6.07) is 0. The van der Waals surface area contributed by atoms with Crippen LogP contribution in [0.3, 0.4) is 0 Å². The molecule has 192 valence electrons. The quantitative estimate of drug-likeness (QED) is 0.176. The number of carbonyl (C=O) groups excluding carboxylic acids is 3. The smallest absolute Gasteiger partial charge is 0.305 e. The number of hydrogen-bond donors (Lipinski definition) is 2. The van der Waals surface area contributed by atoms with Crippen LogP contribution < -0.4 is 0 Å². The molecule has 0 aromatic rings. The van der Waals surface area contributed by atoms with Crippen molar-refractivity contribution < 1.29 is 34.1 Å². The van der Waals surface area contributed by atoms with Gasteiger partial charge in [-0.25, -0.2) is 0 Å². The normalized spacial score (nSPS) is 18.9. The number of allylic oxidation sites excluding steroid dienone is 1. The van der Waals surface area contributed by atoms with Crippen molar-refractivity contribution in [3.63, 3.8) is 0 Å². The summed E-state index contributed by atoms with van der Waals surface area (Å²) in [7, 11) is 0. The number of likely N-dealkylation sites (tertiary alicyclic amines) is 1. The third-order valence-electron chi connectivity index (χ3n) is 6.10. The SMILES string of the molecule is C=C1C=CC(=O)N1CCCCCCC(O)OCCOC(=O)CCCCCCN1C(=O)CCC1O. The molecule has 0 bridgehead atoms. The van der Waals surface area contributed by atoms with E-state index in [0.29, 0.717) is 38.8 Å². The molecular weight excluding hydrogens is 440 g/mol. The van der Waals surface area contributed by atoms with E-state index < -0.39 is 12.5 Å². The van der Waals surface area contributed by atoms with E-state index in [1.54, 1.807) is 11.0 Å². The zero-order valence-corrected chi connectivity index (χ0v) is 20.2. The molecule has 9 nitrogen and oxygen atoms in total. The summed E-state index contributed by atoms with van der Waals surface area (Å²) in [5.41, 5.74) is 0.739. The van der Waals surface area contributed by atoms with Gasteiger partial charge in [0.15, 0.2) is 6.29 Å². The largest absolute Gasteiger partial charge is 0.463 e. The average Bonchev–Trinajstić information content (AvgIpc) is 3.30. The van der Waals surface area contributed by atoms with Gasteiger partial charge in [-0.15, -0.1) is 0 Å². The maximum Gasteiger partial charge on any atom is 0.305 e. The van der Waals surface area contributed by atoms with Crippen molar-refractivity contribution in [2.45, 2.75) is 89.6 Å². The van der Waals surface area contributed by atoms with Crippen molar-refractivity contribution in [3.8, 4) is 0 Å². The van der Waals surface area contributed by atoms with Gasteiger partial charge < -0.3 is 29.5 Å². The molecule has 0 spiro atoms. The maximum atomic E-state index is 11.8. The van der Waals surface area contributed by atoms with Crippen molar-refractivity contribution in [1.82, 2.24) is 9.80 Å². The van der Waals surface area contributed by atoms with Crippen molar-refractivity contribution in [2.75, 3.05) is 26.3 Å². The Balaban J connectivity index is 1.34. The highest BCUT2D eigenvalue weighted by Gasteiger charge is 2.28. The van der Waals surface area contributed by atoms with Gasteiger partial charge in [-0.1, -0.05) is 32.3 Å². The molecule has 0 saturated carbocycles. The molecule has 1 fully saturated rings. The van der Waals surface area contributed by atoms with E-state index in [9.17, 15) is 24.6 Å². The number of nitrogens with zero attached hydrogens (tertiary/aromatic N) is 2. The number of carbonyl (C=O) groups is 3. The lowest BCUT2D eigenvalue weighted by atomic mass is 10.1. The third kappa shape index (κ3) is 10.4. The molecule has 2 rings (SSSR count). The second-order valence-corrected chi connectivity index (χ2v) is 8.83. The summed E-state index contributed by atoms with van der Waals surface area (Å²) in [6.45, 7) is 5.34. The van der Waals surface area contributed by atoms with Gasteiger partial charge in [-0.2, -0.15) is 0 Å². The zero-order valence-electron chi connectivity index (χ0n) is 20.2. The second-order valence-electron chi connectivity index (χ2n) is 8.83. The highest BCUT2D eigenvalue weighted by atomic mass is 16.6. The fourth-order valence-corrected chi connectivity index (χ4v) is 4.08. The number of esters is 1. The molecule has 0 aromatic heterocycles. The predicted octanol–water partition coefficient (Wildman–Crippen LogP) is 2.62. The first-order chi connectivity index (χ1) is 16.4. The summed E-state index contributed by atoms with van der Waals surface area (Å²) in [5, 5.41) is 19.6. The molecule has 9 heteroatoms. The third-order valence-corrected chi connectivity index (χ3v) is 6.10. The van der Waals surface area contributed by atoms with Crippen LogP contribution in [0.5, 0.6) is 0 Å². The fraction of sp³-hybridized carbons (Fsp3) is 0.720. The van der Waals surface area contributed by atoms with Crippen molar-refractivity contribution in [3.05, 3.63) is 24.4 Å². The average molecular weight is 481 g/mol. The van der Waals surface area contributed by atoms with Crippen LogP contribution >= 0.6 is 0 Å². The van der Waals surface area contributed by atoms with Crippen LogP contribution in [0.4, 0.5) is 0 Å². The summed E-state index contributed by atoms with van der Waals surface area (Å²) in [5.74, 6) is -0.278. The van der Waals surface area contributed by atoms with Gasteiger partial charge in [-0.05, 0) is 38.2 Å². The Kier molecular flexibility index (Phi) is 12.9. The number of rotatable bonds is 18. The first kappa shape index (κ1) is 28.0. The van der Waals surface area contributed by atoms with Gasteiger partial charge >= 0.3 is 5.97 Å². The Bertz CT molecular complexity index is 691. The van der Waals surface area contributed by atoms with E-state index in [-0.39, 0.29) is 31.0 Å². The molecular formula is C25H40N2O7. The molecule has 2 unspecified atom stereocenters. The summed E-state index contributed by atoms with van der Waals surface area (Å²) >= 11 is 0. The monoisotopic (exact) mass is 480 g/mol. The summed E-state index contributed by atoms with van der Waals surface area (Å²) in [6.07, 6.45) is 10.4. The van der Waals surface area contributed by atoms with Gasteiger partial charge in [0.1, 0.15) is 12.8 Å². The Morgan fingerprint density at radius 1 is 1.03 bits per heavy atom. The Morgan fingerprint density at radius 3 is 2.41 bits per heavy atom. The van der Waals surface area contributed by atoms with E-state index in [0.717, 1.165) is 57.1 Å². The maximum absolute atomic E-state index is 11.8. The second kappa shape index (κ2) is 15.6. The van der Waals surface area contributed by atoms with Gasteiger partial charge in [0.25, 0.3) is 5.91 Å². The van der Waals surface area contributed by atoms with Gasteiger partial charge in [0.05, 0.1) is 6.61 Å². The van der Waals surface area contributed by atoms with Crippen LogP contribution in [0.25, 0.3) is 0 Å². The first-order valence-corrected chi connectivity index (χ1v) is 12.5. The van der Waals surface area contributed by atoms with E-state index in [1.807, 2.05) is 0 Å². The molecule has 0 aromatic carbocycles. The summed E-state index contributed by atoms with van der Waals surface area (Å²) < 4.78 is 10.4. The van der Waals surface area contributed by atoms with Crippen molar-refractivity contribution in [2.24, 2.45) is 0 Å². The fourth-order valence-electron chi connectivity index (χ4n) is 4.08. The Hall–Kier alpha value is -2.23. The zero-order chi connectivity index (χ0) is 24.8. The van der Waals surface area contributed by atoms with Gasteiger partial charge in [-0.3, -0.25) is 14.4 Å². The molecule has 2 N–H and O–H groups in total. The highest BCUT2D eigenvalue weighted by Crippen LogP contribution is 2.18. The molecule has 0 aliphatic carbocycles. The number of unbranched alkanes of at least 4 members (excludes halogenated alkanes) is 6. The Morgan fingerprint density at radius 2 is 1.74 bits per heavy atom. The predicted molar refractivity (Wildman–Crippen MR) is 126 cm³/mol. The molecule has 2 amide bonds. The van der Waals surface area contributed by atoms with Crippen LogP contribution in [0.15, 0.2) is 24.4 Å². The van der Waals surface area contributed by atoms with Gasteiger partial charge in [0, 0.05) is 44.1 Å². The van der Waals surface area contributed by atoms with Crippen LogP contribution in [-0.4, -0.2) is 76.6 Å². The summed E-state index contributed by atoms with van der Waals surface area (Å²) in [4.78, 5) is 38.1. The minimum Gasteiger partial charge on any atom is -0.463 e. The molecule has 2 aliphatic heterocycles. The van der Waals surface area contributed by atoms with Gasteiger partial charge in [0.2, 0.25) is 5.91 Å². The topological polar surface area (TPSA) is 117 Å². The van der Waals surface area contributed by atoms with E-state index in [1.165, 1.54) is 11.0 Å². The molecule has 1 saturated heterocycles. The van der Waals surface area contributed by atoms with E-state index >= 15 is 0 Å². The number of amides is 2.